The fraction of sp³-hybridized carbons (Fsp3) is 0.714. The van der Waals surface area contributed by atoms with Crippen molar-refractivity contribution in [3.63, 3.8) is 0 Å². The molecule has 1 atom stereocenters. The summed E-state index contributed by atoms with van der Waals surface area (Å²) in [7, 11) is 1.47. The van der Waals surface area contributed by atoms with E-state index in [0.29, 0.717) is 6.54 Å². The first-order chi connectivity index (χ1) is 5.25. The predicted molar refractivity (Wildman–Crippen MR) is 40.1 cm³/mol. The zero-order valence-electron chi connectivity index (χ0n) is 6.52. The molecule has 1 aliphatic rings. The average Bonchev–Trinajstić information content (AvgIpc) is 2.53. The molecule has 1 aliphatic heterocycles. The van der Waals surface area contributed by atoms with E-state index in [2.05, 4.69) is 10.6 Å². The molecule has 1 unspecified atom stereocenters. The monoisotopic (exact) mass is 156 g/mol. The van der Waals surface area contributed by atoms with Crippen LogP contribution in [0.15, 0.2) is 0 Å². The largest absolute Gasteiger partial charge is 0.353 e. The van der Waals surface area contributed by atoms with Gasteiger partial charge in [0.25, 0.3) is 5.91 Å². The Balaban J connectivity index is 2.46. The third-order valence-electron chi connectivity index (χ3n) is 1.88. The Hall–Kier alpha value is -0.900. The Labute approximate surface area is 65.3 Å². The van der Waals surface area contributed by atoms with Gasteiger partial charge >= 0.3 is 0 Å². The van der Waals surface area contributed by atoms with E-state index in [0.717, 1.165) is 13.0 Å². The van der Waals surface area contributed by atoms with E-state index in [9.17, 15) is 9.59 Å². The second kappa shape index (κ2) is 3.48. The van der Waals surface area contributed by atoms with E-state index in [4.69, 9.17) is 0 Å². The third kappa shape index (κ3) is 1.77. The van der Waals surface area contributed by atoms with Crippen LogP contribution in [0.4, 0.5) is 0 Å². The van der Waals surface area contributed by atoms with Gasteiger partial charge in [0.05, 0.1) is 0 Å². The number of carbonyl (C=O) groups is 2. The van der Waals surface area contributed by atoms with E-state index >= 15 is 0 Å². The third-order valence-corrected chi connectivity index (χ3v) is 1.88. The summed E-state index contributed by atoms with van der Waals surface area (Å²) in [5.74, 6) is -0.869. The SMILES string of the molecule is CNC(=O)C(=O)C1CCNC1. The highest BCUT2D eigenvalue weighted by Crippen LogP contribution is 2.07. The maximum absolute atomic E-state index is 11.1. The molecule has 1 saturated heterocycles. The average molecular weight is 156 g/mol. The number of amides is 1. The molecule has 1 fully saturated rings. The minimum Gasteiger partial charge on any atom is -0.353 e. The molecule has 0 aromatic heterocycles. The Kier molecular flexibility index (Phi) is 2.59. The fourth-order valence-corrected chi connectivity index (χ4v) is 1.19. The van der Waals surface area contributed by atoms with Gasteiger partial charge in [0, 0.05) is 19.5 Å². The number of carbonyl (C=O) groups excluding carboxylic acids is 2. The van der Waals surface area contributed by atoms with Gasteiger partial charge in [-0.25, -0.2) is 0 Å². The van der Waals surface area contributed by atoms with Gasteiger partial charge in [0.15, 0.2) is 0 Å². The van der Waals surface area contributed by atoms with Crippen molar-refractivity contribution in [3.05, 3.63) is 0 Å². The molecule has 0 spiro atoms. The summed E-state index contributed by atoms with van der Waals surface area (Å²) in [6.45, 7) is 1.49. The molecule has 2 N–H and O–H groups in total. The van der Waals surface area contributed by atoms with Crippen molar-refractivity contribution in [1.82, 2.24) is 10.6 Å². The zero-order chi connectivity index (χ0) is 8.27. The predicted octanol–water partition coefficient (Wildman–Crippen LogP) is -1.09. The Morgan fingerprint density at radius 2 is 2.27 bits per heavy atom. The molecule has 0 aromatic rings. The highest BCUT2D eigenvalue weighted by atomic mass is 16.2. The molecule has 1 heterocycles. The highest BCUT2D eigenvalue weighted by Gasteiger charge is 2.26. The molecule has 0 bridgehead atoms. The maximum atomic E-state index is 11.1. The van der Waals surface area contributed by atoms with Gasteiger partial charge < -0.3 is 10.6 Å². The minimum atomic E-state index is -0.473. The van der Waals surface area contributed by atoms with E-state index in [-0.39, 0.29) is 11.7 Å². The Bertz CT molecular complexity index is 173. The van der Waals surface area contributed by atoms with Gasteiger partial charge in [-0.05, 0) is 13.0 Å². The quantitative estimate of drug-likeness (QED) is 0.499. The number of hydrogen-bond donors (Lipinski definition) is 2. The first-order valence-electron chi connectivity index (χ1n) is 3.72. The minimum absolute atomic E-state index is 0.102. The number of nitrogens with one attached hydrogen (secondary N) is 2. The van der Waals surface area contributed by atoms with Crippen LogP contribution in [0.2, 0.25) is 0 Å². The van der Waals surface area contributed by atoms with Gasteiger partial charge in [0.1, 0.15) is 0 Å². The molecule has 0 aliphatic carbocycles. The summed E-state index contributed by atoms with van der Waals surface area (Å²) in [6.07, 6.45) is 0.784. The summed E-state index contributed by atoms with van der Waals surface area (Å²) in [6, 6.07) is 0. The summed E-state index contributed by atoms with van der Waals surface area (Å²) < 4.78 is 0. The van der Waals surface area contributed by atoms with Crippen LogP contribution >= 0.6 is 0 Å². The van der Waals surface area contributed by atoms with E-state index in [1.54, 1.807) is 0 Å². The van der Waals surface area contributed by atoms with Crippen LogP contribution < -0.4 is 10.6 Å². The van der Waals surface area contributed by atoms with Crippen molar-refractivity contribution in [2.24, 2.45) is 5.92 Å². The molecule has 62 valence electrons. The van der Waals surface area contributed by atoms with Crippen molar-refractivity contribution in [3.8, 4) is 0 Å². The maximum Gasteiger partial charge on any atom is 0.287 e. The number of Topliss-reactive ketones (excluding diaryl/α,β-unsaturated/α-hetero) is 1. The van der Waals surface area contributed by atoms with E-state index in [1.807, 2.05) is 0 Å². The standard InChI is InChI=1S/C7H12N2O2/c1-8-7(11)6(10)5-2-3-9-4-5/h5,9H,2-4H2,1H3,(H,8,11). The van der Waals surface area contributed by atoms with Crippen LogP contribution in [0, 0.1) is 5.92 Å². The first-order valence-corrected chi connectivity index (χ1v) is 3.72. The topological polar surface area (TPSA) is 58.2 Å². The smallest absolute Gasteiger partial charge is 0.287 e. The molecule has 0 saturated carbocycles. The highest BCUT2D eigenvalue weighted by molar-refractivity contribution is 6.36. The normalized spacial score (nSPS) is 23.2. The number of rotatable bonds is 2. The van der Waals surface area contributed by atoms with Gasteiger partial charge in [-0.3, -0.25) is 9.59 Å². The van der Waals surface area contributed by atoms with Gasteiger partial charge in [0.2, 0.25) is 5.78 Å². The number of likely N-dealkylation sites (N-methyl/N-ethyl adjacent to an activating group) is 1. The van der Waals surface area contributed by atoms with Crippen molar-refractivity contribution < 1.29 is 9.59 Å². The van der Waals surface area contributed by atoms with Crippen LogP contribution in [0.1, 0.15) is 6.42 Å². The van der Waals surface area contributed by atoms with Crippen LogP contribution in [-0.2, 0) is 9.59 Å². The molecule has 1 rings (SSSR count). The summed E-state index contributed by atoms with van der Waals surface area (Å²) in [5, 5.41) is 5.36. The van der Waals surface area contributed by atoms with Crippen LogP contribution in [0.5, 0.6) is 0 Å². The second-order valence-electron chi connectivity index (χ2n) is 2.63. The molecule has 4 nitrogen and oxygen atoms in total. The molecular weight excluding hydrogens is 144 g/mol. The van der Waals surface area contributed by atoms with Crippen molar-refractivity contribution in [2.75, 3.05) is 20.1 Å². The van der Waals surface area contributed by atoms with E-state index < -0.39 is 5.91 Å². The molecule has 4 heteroatoms. The van der Waals surface area contributed by atoms with Gasteiger partial charge in [-0.2, -0.15) is 0 Å². The number of ketones is 1. The van der Waals surface area contributed by atoms with Crippen LogP contribution in [-0.4, -0.2) is 31.8 Å². The van der Waals surface area contributed by atoms with Crippen molar-refractivity contribution in [1.29, 1.82) is 0 Å². The second-order valence-corrected chi connectivity index (χ2v) is 2.63. The van der Waals surface area contributed by atoms with Crippen LogP contribution in [0.25, 0.3) is 0 Å². The summed E-state index contributed by atoms with van der Waals surface area (Å²) in [4.78, 5) is 21.9. The summed E-state index contributed by atoms with van der Waals surface area (Å²) in [5.41, 5.74) is 0. The molecule has 0 radical (unpaired) electrons. The Morgan fingerprint density at radius 3 is 2.73 bits per heavy atom. The van der Waals surface area contributed by atoms with Gasteiger partial charge in [-0.1, -0.05) is 0 Å². The molecule has 1 amide bonds. The number of hydrogen-bond acceptors (Lipinski definition) is 3. The zero-order valence-corrected chi connectivity index (χ0v) is 6.52. The molecule has 0 aromatic carbocycles. The lowest BCUT2D eigenvalue weighted by Crippen LogP contribution is -2.33. The lowest BCUT2D eigenvalue weighted by molar-refractivity contribution is -0.139. The fourth-order valence-electron chi connectivity index (χ4n) is 1.19. The Morgan fingerprint density at radius 1 is 1.55 bits per heavy atom. The van der Waals surface area contributed by atoms with Crippen molar-refractivity contribution in [2.45, 2.75) is 6.42 Å². The van der Waals surface area contributed by atoms with E-state index in [1.165, 1.54) is 7.05 Å². The van der Waals surface area contributed by atoms with Gasteiger partial charge in [-0.15, -0.1) is 0 Å². The molecule has 11 heavy (non-hydrogen) atoms. The first kappa shape index (κ1) is 8.20. The summed E-state index contributed by atoms with van der Waals surface area (Å²) >= 11 is 0. The van der Waals surface area contributed by atoms with Crippen molar-refractivity contribution >= 4 is 11.7 Å². The lowest BCUT2D eigenvalue weighted by Gasteiger charge is -2.03. The lowest BCUT2D eigenvalue weighted by atomic mass is 10.0. The molecular formula is C7H12N2O2. The van der Waals surface area contributed by atoms with Crippen LogP contribution in [0.3, 0.4) is 0 Å².